The van der Waals surface area contributed by atoms with Crippen molar-refractivity contribution in [1.29, 1.82) is 0 Å². The smallest absolute Gasteiger partial charge is 0.119 e. The van der Waals surface area contributed by atoms with Gasteiger partial charge in [-0.2, -0.15) is 0 Å². The van der Waals surface area contributed by atoms with Crippen LogP contribution in [-0.2, 0) is 0 Å². The van der Waals surface area contributed by atoms with Crippen LogP contribution in [0.5, 0.6) is 5.75 Å². The lowest BCUT2D eigenvalue weighted by molar-refractivity contribution is 0.414. The monoisotopic (exact) mass is 212 g/mol. The molecule has 1 nitrogen and oxygen atoms in total. The van der Waals surface area contributed by atoms with Crippen LogP contribution in [0.15, 0.2) is 42.5 Å². The summed E-state index contributed by atoms with van der Waals surface area (Å²) in [4.78, 5) is 0. The molecule has 2 aromatic carbocycles. The molecule has 0 radical (unpaired) electrons. The summed E-state index contributed by atoms with van der Waals surface area (Å²) in [6.07, 6.45) is 0. The summed E-state index contributed by atoms with van der Waals surface area (Å²) in [5, 5.41) is 0. The first-order valence-corrected chi connectivity index (χ1v) is 5.43. The van der Waals surface area contributed by atoms with Gasteiger partial charge in [0.2, 0.25) is 0 Å². The Morgan fingerprint density at radius 1 is 0.938 bits per heavy atom. The fourth-order valence-corrected chi connectivity index (χ4v) is 1.86. The highest BCUT2D eigenvalue weighted by atomic mass is 16.5. The molecule has 1 heteroatoms. The molecule has 2 aromatic rings. The Balaban J connectivity index is 2.60. The van der Waals surface area contributed by atoms with Crippen LogP contribution in [0.1, 0.15) is 11.1 Å². The number of aryl methyl sites for hydroxylation is 1. The summed E-state index contributed by atoms with van der Waals surface area (Å²) in [5.74, 6) is 0.918. The number of methoxy groups -OCH3 is 1. The van der Waals surface area contributed by atoms with Crippen LogP contribution >= 0.6 is 0 Å². The topological polar surface area (TPSA) is 9.23 Å². The van der Waals surface area contributed by atoms with E-state index in [9.17, 15) is 0 Å². The minimum absolute atomic E-state index is 0.918. The molecule has 0 aromatic heterocycles. The third-order valence-corrected chi connectivity index (χ3v) is 2.96. The second-order valence-corrected chi connectivity index (χ2v) is 3.98. The van der Waals surface area contributed by atoms with Gasteiger partial charge < -0.3 is 4.74 Å². The first-order valence-electron chi connectivity index (χ1n) is 5.43. The molecule has 0 amide bonds. The Morgan fingerprint density at radius 2 is 1.62 bits per heavy atom. The van der Waals surface area contributed by atoms with E-state index in [1.165, 1.54) is 22.3 Å². The van der Waals surface area contributed by atoms with Gasteiger partial charge in [-0.3, -0.25) is 0 Å². The molecule has 0 saturated carbocycles. The second kappa shape index (κ2) is 4.40. The molecule has 2 rings (SSSR count). The van der Waals surface area contributed by atoms with Crippen molar-refractivity contribution < 1.29 is 4.74 Å². The van der Waals surface area contributed by atoms with Crippen molar-refractivity contribution >= 4 is 0 Å². The average molecular weight is 212 g/mol. The quantitative estimate of drug-likeness (QED) is 0.731. The normalized spacial score (nSPS) is 10.2. The summed E-state index contributed by atoms with van der Waals surface area (Å²) >= 11 is 0. The fraction of sp³-hybridized carbons (Fsp3) is 0.200. The zero-order chi connectivity index (χ0) is 11.5. The van der Waals surface area contributed by atoms with Crippen molar-refractivity contribution in [3.63, 3.8) is 0 Å². The molecular formula is C15H16O. The molecule has 0 unspecified atom stereocenters. The molecule has 0 spiro atoms. The van der Waals surface area contributed by atoms with Gasteiger partial charge in [0.1, 0.15) is 5.75 Å². The molecule has 82 valence electrons. The van der Waals surface area contributed by atoms with Crippen LogP contribution in [0.3, 0.4) is 0 Å². The third-order valence-electron chi connectivity index (χ3n) is 2.96. The molecule has 0 fully saturated rings. The minimum Gasteiger partial charge on any atom is -0.497 e. The highest BCUT2D eigenvalue weighted by molar-refractivity contribution is 5.70. The molecule has 16 heavy (non-hydrogen) atoms. The van der Waals surface area contributed by atoms with Gasteiger partial charge in [0.15, 0.2) is 0 Å². The van der Waals surface area contributed by atoms with Crippen LogP contribution in [0.25, 0.3) is 11.1 Å². The number of hydrogen-bond acceptors (Lipinski definition) is 1. The van der Waals surface area contributed by atoms with Crippen molar-refractivity contribution in [1.82, 2.24) is 0 Å². The maximum absolute atomic E-state index is 5.31. The highest BCUT2D eigenvalue weighted by Gasteiger charge is 2.06. The van der Waals surface area contributed by atoms with Crippen molar-refractivity contribution in [3.05, 3.63) is 53.6 Å². The number of benzene rings is 2. The molecule has 0 saturated heterocycles. The number of hydrogen-bond donors (Lipinski definition) is 0. The van der Waals surface area contributed by atoms with E-state index in [0.29, 0.717) is 0 Å². The SMILES string of the molecule is COc1cc(C)c(C)c(-c2ccccc2)c1. The Kier molecular flexibility index (Phi) is 2.95. The van der Waals surface area contributed by atoms with E-state index in [0.717, 1.165) is 5.75 Å². The van der Waals surface area contributed by atoms with E-state index in [2.05, 4.69) is 50.2 Å². The van der Waals surface area contributed by atoms with E-state index < -0.39 is 0 Å². The number of ether oxygens (including phenoxy) is 1. The summed E-state index contributed by atoms with van der Waals surface area (Å²) < 4.78 is 5.31. The van der Waals surface area contributed by atoms with E-state index in [1.54, 1.807) is 7.11 Å². The van der Waals surface area contributed by atoms with Gasteiger partial charge in [-0.25, -0.2) is 0 Å². The van der Waals surface area contributed by atoms with Crippen molar-refractivity contribution in [2.75, 3.05) is 7.11 Å². The van der Waals surface area contributed by atoms with E-state index in [-0.39, 0.29) is 0 Å². The van der Waals surface area contributed by atoms with Crippen LogP contribution in [0.4, 0.5) is 0 Å². The van der Waals surface area contributed by atoms with E-state index in [1.807, 2.05) is 6.07 Å². The van der Waals surface area contributed by atoms with E-state index >= 15 is 0 Å². The fourth-order valence-electron chi connectivity index (χ4n) is 1.86. The summed E-state index contributed by atoms with van der Waals surface area (Å²) in [6, 6.07) is 14.6. The molecule has 0 N–H and O–H groups in total. The predicted molar refractivity (Wildman–Crippen MR) is 67.9 cm³/mol. The number of rotatable bonds is 2. The summed E-state index contributed by atoms with van der Waals surface area (Å²) in [5.41, 5.74) is 5.06. The lowest BCUT2D eigenvalue weighted by Gasteiger charge is -2.11. The lowest BCUT2D eigenvalue weighted by Crippen LogP contribution is -1.91. The standard InChI is InChI=1S/C15H16O/c1-11-9-14(16-3)10-15(12(11)2)13-7-5-4-6-8-13/h4-10H,1-3H3. The van der Waals surface area contributed by atoms with Gasteiger partial charge in [0, 0.05) is 0 Å². The van der Waals surface area contributed by atoms with E-state index in [4.69, 9.17) is 4.74 Å². The average Bonchev–Trinajstić information content (AvgIpc) is 2.33. The lowest BCUT2D eigenvalue weighted by atomic mass is 9.97. The van der Waals surface area contributed by atoms with Gasteiger partial charge in [0.25, 0.3) is 0 Å². The van der Waals surface area contributed by atoms with Crippen LogP contribution in [-0.4, -0.2) is 7.11 Å². The first kappa shape index (κ1) is 10.7. The molecular weight excluding hydrogens is 196 g/mol. The van der Waals surface area contributed by atoms with Crippen LogP contribution in [0.2, 0.25) is 0 Å². The van der Waals surface area contributed by atoms with Crippen molar-refractivity contribution in [3.8, 4) is 16.9 Å². The summed E-state index contributed by atoms with van der Waals surface area (Å²) in [7, 11) is 1.71. The zero-order valence-corrected chi connectivity index (χ0v) is 9.95. The molecule has 0 heterocycles. The Labute approximate surface area is 96.7 Å². The van der Waals surface area contributed by atoms with Gasteiger partial charge in [-0.1, -0.05) is 30.3 Å². The van der Waals surface area contributed by atoms with Crippen LogP contribution < -0.4 is 4.74 Å². The molecule has 0 bridgehead atoms. The van der Waals surface area contributed by atoms with Crippen molar-refractivity contribution in [2.45, 2.75) is 13.8 Å². The Morgan fingerprint density at radius 3 is 2.25 bits per heavy atom. The zero-order valence-electron chi connectivity index (χ0n) is 9.95. The largest absolute Gasteiger partial charge is 0.497 e. The first-order chi connectivity index (χ1) is 7.72. The van der Waals surface area contributed by atoms with Crippen molar-refractivity contribution in [2.24, 2.45) is 0 Å². The minimum atomic E-state index is 0.918. The second-order valence-electron chi connectivity index (χ2n) is 3.98. The van der Waals surface area contributed by atoms with Gasteiger partial charge in [-0.15, -0.1) is 0 Å². The predicted octanol–water partition coefficient (Wildman–Crippen LogP) is 3.98. The molecule has 0 aliphatic carbocycles. The molecule has 0 aliphatic heterocycles. The van der Waals surface area contributed by atoms with Gasteiger partial charge >= 0.3 is 0 Å². The van der Waals surface area contributed by atoms with Crippen LogP contribution in [0, 0.1) is 13.8 Å². The highest BCUT2D eigenvalue weighted by Crippen LogP contribution is 2.29. The van der Waals surface area contributed by atoms with Gasteiger partial charge in [0.05, 0.1) is 7.11 Å². The maximum atomic E-state index is 5.31. The molecule has 0 atom stereocenters. The summed E-state index contributed by atoms with van der Waals surface area (Å²) in [6.45, 7) is 4.27. The third kappa shape index (κ3) is 1.94. The molecule has 0 aliphatic rings. The Bertz CT molecular complexity index is 486. The Hall–Kier alpha value is -1.76. The maximum Gasteiger partial charge on any atom is 0.119 e. The van der Waals surface area contributed by atoms with Gasteiger partial charge in [-0.05, 0) is 48.2 Å².